The van der Waals surface area contributed by atoms with Crippen molar-refractivity contribution in [3.63, 3.8) is 0 Å². The standard InChI is InChI=1S/C14H16N2O4S/c15-13(20)12-8-4-2-1-3-5-9(8)21-14(12)16-10(17)6-7-11(18)19/h6-7H,1-5H2,(H2,15,20)(H,16,17)(H,18,19)/b7-6-. The number of aryl methyl sites for hydroxylation is 1. The van der Waals surface area contributed by atoms with Gasteiger partial charge in [0.15, 0.2) is 0 Å². The van der Waals surface area contributed by atoms with E-state index in [-0.39, 0.29) is 0 Å². The number of carboxylic acid groups (broad SMARTS) is 1. The monoisotopic (exact) mass is 308 g/mol. The molecule has 1 aromatic rings. The van der Waals surface area contributed by atoms with Gasteiger partial charge in [-0.3, -0.25) is 9.59 Å². The molecular weight excluding hydrogens is 292 g/mol. The average molecular weight is 308 g/mol. The largest absolute Gasteiger partial charge is 0.478 e. The zero-order valence-corrected chi connectivity index (χ0v) is 12.2. The summed E-state index contributed by atoms with van der Waals surface area (Å²) in [5.74, 6) is -2.36. The summed E-state index contributed by atoms with van der Waals surface area (Å²) >= 11 is 1.35. The lowest BCUT2D eigenvalue weighted by molar-refractivity contribution is -0.131. The van der Waals surface area contributed by atoms with E-state index in [9.17, 15) is 14.4 Å². The van der Waals surface area contributed by atoms with Gasteiger partial charge in [-0.15, -0.1) is 11.3 Å². The van der Waals surface area contributed by atoms with Crippen LogP contribution in [0.5, 0.6) is 0 Å². The van der Waals surface area contributed by atoms with Crippen molar-refractivity contribution in [3.8, 4) is 0 Å². The molecule has 0 aromatic carbocycles. The highest BCUT2D eigenvalue weighted by atomic mass is 32.1. The predicted molar refractivity (Wildman–Crippen MR) is 79.5 cm³/mol. The average Bonchev–Trinajstić information content (AvgIpc) is 2.58. The molecule has 21 heavy (non-hydrogen) atoms. The molecule has 112 valence electrons. The van der Waals surface area contributed by atoms with E-state index in [2.05, 4.69) is 5.32 Å². The third-order valence-electron chi connectivity index (χ3n) is 3.28. The van der Waals surface area contributed by atoms with Crippen LogP contribution in [-0.2, 0) is 22.4 Å². The van der Waals surface area contributed by atoms with Crippen LogP contribution in [0.25, 0.3) is 0 Å². The maximum Gasteiger partial charge on any atom is 0.328 e. The fourth-order valence-electron chi connectivity index (χ4n) is 2.39. The summed E-state index contributed by atoms with van der Waals surface area (Å²) in [4.78, 5) is 34.8. The van der Waals surface area contributed by atoms with E-state index in [0.29, 0.717) is 10.6 Å². The number of nitrogens with one attached hydrogen (secondary N) is 1. The Morgan fingerprint density at radius 1 is 1.14 bits per heavy atom. The molecule has 0 radical (unpaired) electrons. The summed E-state index contributed by atoms with van der Waals surface area (Å²) in [5.41, 5.74) is 6.74. The fraction of sp³-hybridized carbons (Fsp3) is 0.357. The van der Waals surface area contributed by atoms with Gasteiger partial charge in [-0.1, -0.05) is 6.42 Å². The minimum absolute atomic E-state index is 0.369. The van der Waals surface area contributed by atoms with E-state index >= 15 is 0 Å². The topological polar surface area (TPSA) is 109 Å². The number of rotatable bonds is 4. The van der Waals surface area contributed by atoms with E-state index in [1.807, 2.05) is 0 Å². The van der Waals surface area contributed by atoms with Gasteiger partial charge in [0.2, 0.25) is 5.91 Å². The Kier molecular flexibility index (Phi) is 4.74. The minimum Gasteiger partial charge on any atom is -0.478 e. The molecule has 1 heterocycles. The molecule has 0 aliphatic heterocycles. The lowest BCUT2D eigenvalue weighted by atomic mass is 10.1. The van der Waals surface area contributed by atoms with Crippen LogP contribution in [-0.4, -0.2) is 22.9 Å². The summed E-state index contributed by atoms with van der Waals surface area (Å²) in [6.07, 6.45) is 6.49. The first-order valence-electron chi connectivity index (χ1n) is 6.65. The van der Waals surface area contributed by atoms with Crippen LogP contribution in [0.4, 0.5) is 5.00 Å². The Bertz CT molecular complexity index is 619. The molecule has 6 nitrogen and oxygen atoms in total. The van der Waals surface area contributed by atoms with Crippen molar-refractivity contribution in [1.82, 2.24) is 0 Å². The van der Waals surface area contributed by atoms with Crippen LogP contribution in [0, 0.1) is 0 Å². The lowest BCUT2D eigenvalue weighted by Crippen LogP contribution is -2.17. The number of nitrogens with two attached hydrogens (primary N) is 1. The molecule has 0 fully saturated rings. The summed E-state index contributed by atoms with van der Waals surface area (Å²) in [6.45, 7) is 0. The van der Waals surface area contributed by atoms with Crippen molar-refractivity contribution in [2.24, 2.45) is 5.73 Å². The fourth-order valence-corrected chi connectivity index (χ4v) is 3.69. The van der Waals surface area contributed by atoms with Crippen molar-refractivity contribution in [2.45, 2.75) is 32.1 Å². The second-order valence-corrected chi connectivity index (χ2v) is 5.90. The number of aliphatic carboxylic acids is 1. The maximum atomic E-state index is 11.7. The van der Waals surface area contributed by atoms with Gasteiger partial charge >= 0.3 is 5.97 Å². The number of hydrogen-bond acceptors (Lipinski definition) is 4. The van der Waals surface area contributed by atoms with Gasteiger partial charge in [-0.2, -0.15) is 0 Å². The first-order valence-corrected chi connectivity index (χ1v) is 7.47. The van der Waals surface area contributed by atoms with Crippen LogP contribution in [0.3, 0.4) is 0 Å². The summed E-state index contributed by atoms with van der Waals surface area (Å²) in [6, 6.07) is 0. The second kappa shape index (κ2) is 6.53. The molecule has 2 rings (SSSR count). The quantitative estimate of drug-likeness (QED) is 0.581. The first kappa shape index (κ1) is 15.2. The third-order valence-corrected chi connectivity index (χ3v) is 4.49. The Morgan fingerprint density at radius 3 is 2.52 bits per heavy atom. The number of primary amides is 1. The normalized spacial score (nSPS) is 14.5. The summed E-state index contributed by atoms with van der Waals surface area (Å²) in [5, 5.41) is 11.5. The molecule has 0 bridgehead atoms. The molecule has 0 saturated carbocycles. The molecule has 1 aliphatic carbocycles. The van der Waals surface area contributed by atoms with E-state index < -0.39 is 17.8 Å². The SMILES string of the molecule is NC(=O)c1c(NC(=O)/C=C\C(=O)O)sc2c1CCCCC2. The van der Waals surface area contributed by atoms with Crippen molar-refractivity contribution in [1.29, 1.82) is 0 Å². The number of anilines is 1. The zero-order chi connectivity index (χ0) is 15.4. The minimum atomic E-state index is -1.21. The van der Waals surface area contributed by atoms with Gasteiger partial charge in [0.05, 0.1) is 5.56 Å². The second-order valence-electron chi connectivity index (χ2n) is 4.79. The molecule has 0 unspecified atom stereocenters. The lowest BCUT2D eigenvalue weighted by Gasteiger charge is -2.04. The number of carbonyl (C=O) groups excluding carboxylic acids is 2. The summed E-state index contributed by atoms with van der Waals surface area (Å²) < 4.78 is 0. The molecule has 1 aliphatic rings. The van der Waals surface area contributed by atoms with Gasteiger partial charge in [0.1, 0.15) is 5.00 Å². The summed E-state index contributed by atoms with van der Waals surface area (Å²) in [7, 11) is 0. The van der Waals surface area contributed by atoms with Crippen LogP contribution >= 0.6 is 11.3 Å². The van der Waals surface area contributed by atoms with Crippen LogP contribution in [0.2, 0.25) is 0 Å². The third kappa shape index (κ3) is 3.69. The number of thiophene rings is 1. The number of fused-ring (bicyclic) bond motifs is 1. The number of hydrogen-bond donors (Lipinski definition) is 3. The van der Waals surface area contributed by atoms with E-state index in [4.69, 9.17) is 10.8 Å². The van der Waals surface area contributed by atoms with Crippen LogP contribution < -0.4 is 11.1 Å². The van der Waals surface area contributed by atoms with E-state index in [0.717, 1.165) is 54.7 Å². The van der Waals surface area contributed by atoms with Gasteiger partial charge < -0.3 is 16.2 Å². The molecule has 0 spiro atoms. The maximum absolute atomic E-state index is 11.7. The Balaban J connectivity index is 2.29. The highest BCUT2D eigenvalue weighted by Crippen LogP contribution is 2.37. The molecule has 0 atom stereocenters. The highest BCUT2D eigenvalue weighted by molar-refractivity contribution is 7.17. The number of amides is 2. The molecule has 0 saturated heterocycles. The van der Waals surface area contributed by atoms with Crippen molar-refractivity contribution in [3.05, 3.63) is 28.2 Å². The van der Waals surface area contributed by atoms with Crippen molar-refractivity contribution < 1.29 is 19.5 Å². The number of carbonyl (C=O) groups is 3. The van der Waals surface area contributed by atoms with Crippen LogP contribution in [0.15, 0.2) is 12.2 Å². The van der Waals surface area contributed by atoms with Crippen molar-refractivity contribution in [2.75, 3.05) is 5.32 Å². The first-order chi connectivity index (χ1) is 9.99. The van der Waals surface area contributed by atoms with Crippen molar-refractivity contribution >= 4 is 34.1 Å². The van der Waals surface area contributed by atoms with Gasteiger partial charge in [0, 0.05) is 17.0 Å². The Hall–Kier alpha value is -2.15. The molecular formula is C14H16N2O4S. The molecule has 7 heteroatoms. The van der Waals surface area contributed by atoms with E-state index in [1.165, 1.54) is 11.3 Å². The molecule has 1 aromatic heterocycles. The molecule has 2 amide bonds. The highest BCUT2D eigenvalue weighted by Gasteiger charge is 2.23. The zero-order valence-electron chi connectivity index (χ0n) is 11.3. The van der Waals surface area contributed by atoms with Gasteiger partial charge in [-0.25, -0.2) is 4.79 Å². The van der Waals surface area contributed by atoms with E-state index in [1.54, 1.807) is 0 Å². The smallest absolute Gasteiger partial charge is 0.328 e. The Morgan fingerprint density at radius 2 is 1.86 bits per heavy atom. The van der Waals surface area contributed by atoms with Crippen LogP contribution in [0.1, 0.15) is 40.1 Å². The predicted octanol–water partition coefficient (Wildman–Crippen LogP) is 1.70. The Labute approximate surface area is 125 Å². The van der Waals surface area contributed by atoms with Gasteiger partial charge in [-0.05, 0) is 31.2 Å². The van der Waals surface area contributed by atoms with Gasteiger partial charge in [0.25, 0.3) is 5.91 Å². The molecule has 4 N–H and O–H groups in total. The number of carboxylic acids is 1.